The summed E-state index contributed by atoms with van der Waals surface area (Å²) in [5.41, 5.74) is 8.51. The van der Waals surface area contributed by atoms with Crippen LogP contribution in [-0.4, -0.2) is 22.1 Å². The second-order valence-corrected chi connectivity index (χ2v) is 4.64. The lowest BCUT2D eigenvalue weighted by molar-refractivity contribution is 0.0521. The van der Waals surface area contributed by atoms with Crippen LogP contribution in [0.25, 0.3) is 0 Å². The second kappa shape index (κ2) is 5.77. The smallest absolute Gasteiger partial charge is 0.360 e. The van der Waals surface area contributed by atoms with Gasteiger partial charge in [0.2, 0.25) is 0 Å². The SMILES string of the molecule is CCOC(=O)c1ncn(C(C)c2ccccc2C)c1N. The van der Waals surface area contributed by atoms with Gasteiger partial charge in [0.05, 0.1) is 19.0 Å². The van der Waals surface area contributed by atoms with Gasteiger partial charge in [-0.2, -0.15) is 0 Å². The van der Waals surface area contributed by atoms with Crippen LogP contribution in [-0.2, 0) is 4.74 Å². The Hall–Kier alpha value is -2.30. The van der Waals surface area contributed by atoms with Gasteiger partial charge in [0.15, 0.2) is 5.69 Å². The molecule has 0 aliphatic rings. The van der Waals surface area contributed by atoms with Crippen molar-refractivity contribution < 1.29 is 9.53 Å². The molecule has 20 heavy (non-hydrogen) atoms. The highest BCUT2D eigenvalue weighted by Crippen LogP contribution is 2.25. The molecule has 0 bridgehead atoms. The van der Waals surface area contributed by atoms with Crippen LogP contribution in [0.5, 0.6) is 0 Å². The predicted octanol–water partition coefficient (Wildman–Crippen LogP) is 2.56. The Kier molecular flexibility index (Phi) is 4.08. The molecular weight excluding hydrogens is 254 g/mol. The Bertz CT molecular complexity index is 619. The topological polar surface area (TPSA) is 70.1 Å². The molecule has 0 saturated heterocycles. The van der Waals surface area contributed by atoms with Crippen LogP contribution in [0.3, 0.4) is 0 Å². The zero-order valence-corrected chi connectivity index (χ0v) is 12.0. The fourth-order valence-corrected chi connectivity index (χ4v) is 2.24. The van der Waals surface area contributed by atoms with E-state index in [1.165, 1.54) is 5.56 Å². The fourth-order valence-electron chi connectivity index (χ4n) is 2.24. The molecule has 1 aromatic heterocycles. The largest absolute Gasteiger partial charge is 0.461 e. The van der Waals surface area contributed by atoms with E-state index in [1.54, 1.807) is 17.8 Å². The van der Waals surface area contributed by atoms with E-state index in [0.29, 0.717) is 12.4 Å². The first kappa shape index (κ1) is 14.1. The summed E-state index contributed by atoms with van der Waals surface area (Å²) in [4.78, 5) is 15.8. The van der Waals surface area contributed by atoms with Crippen molar-refractivity contribution >= 4 is 11.8 Å². The number of imidazole rings is 1. The van der Waals surface area contributed by atoms with Crippen LogP contribution in [0.2, 0.25) is 0 Å². The Morgan fingerprint density at radius 2 is 2.15 bits per heavy atom. The van der Waals surface area contributed by atoms with Crippen LogP contribution in [0.4, 0.5) is 5.82 Å². The Morgan fingerprint density at radius 1 is 1.45 bits per heavy atom. The highest BCUT2D eigenvalue weighted by Gasteiger charge is 2.20. The zero-order valence-electron chi connectivity index (χ0n) is 12.0. The summed E-state index contributed by atoms with van der Waals surface area (Å²) >= 11 is 0. The zero-order chi connectivity index (χ0) is 14.7. The van der Waals surface area contributed by atoms with Crippen molar-refractivity contribution in [3.8, 4) is 0 Å². The van der Waals surface area contributed by atoms with Crippen LogP contribution in [0, 0.1) is 6.92 Å². The molecule has 5 nitrogen and oxygen atoms in total. The minimum absolute atomic E-state index is 0.00637. The van der Waals surface area contributed by atoms with Gasteiger partial charge in [-0.25, -0.2) is 9.78 Å². The van der Waals surface area contributed by atoms with E-state index in [2.05, 4.69) is 4.98 Å². The number of aromatic nitrogens is 2. The lowest BCUT2D eigenvalue weighted by atomic mass is 10.0. The molecule has 0 aliphatic heterocycles. The van der Waals surface area contributed by atoms with Crippen LogP contribution >= 0.6 is 0 Å². The van der Waals surface area contributed by atoms with Gasteiger partial charge in [0, 0.05) is 0 Å². The van der Waals surface area contributed by atoms with Gasteiger partial charge in [-0.1, -0.05) is 24.3 Å². The molecule has 1 atom stereocenters. The second-order valence-electron chi connectivity index (χ2n) is 4.64. The third-order valence-corrected chi connectivity index (χ3v) is 3.36. The van der Waals surface area contributed by atoms with Crippen LogP contribution < -0.4 is 5.73 Å². The van der Waals surface area contributed by atoms with Crippen molar-refractivity contribution in [2.45, 2.75) is 26.8 Å². The maximum absolute atomic E-state index is 11.7. The summed E-state index contributed by atoms with van der Waals surface area (Å²) in [6.45, 7) is 6.13. The van der Waals surface area contributed by atoms with E-state index in [1.807, 2.05) is 38.1 Å². The summed E-state index contributed by atoms with van der Waals surface area (Å²) in [5.74, 6) is -0.153. The third kappa shape index (κ3) is 2.52. The average Bonchev–Trinajstić information content (AvgIpc) is 2.81. The fraction of sp³-hybridized carbons (Fsp3) is 0.333. The number of nitrogen functional groups attached to an aromatic ring is 1. The molecule has 1 aromatic carbocycles. The van der Waals surface area contributed by atoms with E-state index in [-0.39, 0.29) is 11.7 Å². The van der Waals surface area contributed by atoms with Gasteiger partial charge < -0.3 is 15.0 Å². The Labute approximate surface area is 118 Å². The van der Waals surface area contributed by atoms with Crippen molar-refractivity contribution in [2.75, 3.05) is 12.3 Å². The normalized spacial score (nSPS) is 12.2. The molecule has 0 fully saturated rings. The Morgan fingerprint density at radius 3 is 2.80 bits per heavy atom. The molecule has 2 rings (SSSR count). The predicted molar refractivity (Wildman–Crippen MR) is 77.6 cm³/mol. The summed E-state index contributed by atoms with van der Waals surface area (Å²) in [6, 6.07) is 8.08. The van der Waals surface area contributed by atoms with Gasteiger partial charge in [0.1, 0.15) is 5.82 Å². The van der Waals surface area contributed by atoms with Gasteiger partial charge in [-0.05, 0) is 31.9 Å². The number of aryl methyl sites for hydroxylation is 1. The number of nitrogens with two attached hydrogens (primary N) is 1. The minimum Gasteiger partial charge on any atom is -0.461 e. The van der Waals surface area contributed by atoms with Gasteiger partial charge >= 0.3 is 5.97 Å². The number of benzene rings is 1. The molecule has 5 heteroatoms. The Balaban J connectivity index is 2.35. The quantitative estimate of drug-likeness (QED) is 0.869. The first-order valence-electron chi connectivity index (χ1n) is 6.61. The number of ether oxygens (including phenoxy) is 1. The van der Waals surface area contributed by atoms with Crippen molar-refractivity contribution in [3.05, 3.63) is 47.4 Å². The van der Waals surface area contributed by atoms with Crippen molar-refractivity contribution in [2.24, 2.45) is 0 Å². The highest BCUT2D eigenvalue weighted by molar-refractivity contribution is 5.92. The van der Waals surface area contributed by atoms with E-state index in [0.717, 1.165) is 5.56 Å². The average molecular weight is 273 g/mol. The summed E-state index contributed by atoms with van der Waals surface area (Å²) in [5, 5.41) is 0. The van der Waals surface area contributed by atoms with Crippen LogP contribution in [0.15, 0.2) is 30.6 Å². The summed E-state index contributed by atoms with van der Waals surface area (Å²) in [7, 11) is 0. The number of hydrogen-bond donors (Lipinski definition) is 1. The number of anilines is 1. The minimum atomic E-state index is -0.485. The molecule has 0 amide bonds. The van der Waals surface area contributed by atoms with Gasteiger partial charge in [-0.3, -0.25) is 0 Å². The molecule has 106 valence electrons. The third-order valence-electron chi connectivity index (χ3n) is 3.36. The van der Waals surface area contributed by atoms with Crippen molar-refractivity contribution in [1.29, 1.82) is 0 Å². The van der Waals surface area contributed by atoms with Crippen molar-refractivity contribution in [3.63, 3.8) is 0 Å². The maximum atomic E-state index is 11.7. The first-order valence-corrected chi connectivity index (χ1v) is 6.61. The first-order chi connectivity index (χ1) is 9.56. The van der Waals surface area contributed by atoms with E-state index >= 15 is 0 Å². The molecule has 0 saturated carbocycles. The van der Waals surface area contributed by atoms with Gasteiger partial charge in [0.25, 0.3) is 0 Å². The van der Waals surface area contributed by atoms with E-state index in [4.69, 9.17) is 10.5 Å². The molecule has 2 N–H and O–H groups in total. The molecule has 1 unspecified atom stereocenters. The lowest BCUT2D eigenvalue weighted by Crippen LogP contribution is -2.13. The van der Waals surface area contributed by atoms with E-state index in [9.17, 15) is 4.79 Å². The lowest BCUT2D eigenvalue weighted by Gasteiger charge is -2.17. The van der Waals surface area contributed by atoms with E-state index < -0.39 is 5.97 Å². The highest BCUT2D eigenvalue weighted by atomic mass is 16.5. The molecule has 0 radical (unpaired) electrons. The number of carbonyl (C=O) groups is 1. The molecule has 0 spiro atoms. The standard InChI is InChI=1S/C15H19N3O2/c1-4-20-15(19)13-14(16)18(9-17-13)11(3)12-8-6-5-7-10(12)2/h5-9,11H,4,16H2,1-3H3. The number of rotatable bonds is 4. The maximum Gasteiger partial charge on any atom is 0.360 e. The van der Waals surface area contributed by atoms with Gasteiger partial charge in [-0.15, -0.1) is 0 Å². The molecule has 2 aromatic rings. The summed E-state index contributed by atoms with van der Waals surface area (Å²) in [6.07, 6.45) is 1.58. The summed E-state index contributed by atoms with van der Waals surface area (Å²) < 4.78 is 6.72. The van der Waals surface area contributed by atoms with Crippen LogP contribution in [0.1, 0.15) is 41.5 Å². The molecule has 1 heterocycles. The monoisotopic (exact) mass is 273 g/mol. The number of carbonyl (C=O) groups excluding carboxylic acids is 1. The number of esters is 1. The number of nitrogens with zero attached hydrogens (tertiary/aromatic N) is 2. The molecular formula is C15H19N3O2. The number of hydrogen-bond acceptors (Lipinski definition) is 4. The van der Waals surface area contributed by atoms with Crippen molar-refractivity contribution in [1.82, 2.24) is 9.55 Å². The molecule has 0 aliphatic carbocycles.